The number of carbonyl (C=O) groups is 1. The Morgan fingerprint density at radius 3 is 2.71 bits per heavy atom. The number of nitriles is 1. The fourth-order valence-electron chi connectivity index (χ4n) is 2.53. The molecule has 3 rings (SSSR count). The average molecular weight is 340 g/mol. The van der Waals surface area contributed by atoms with Crippen molar-refractivity contribution in [3.05, 3.63) is 52.0 Å². The number of nitrogens with one attached hydrogen (secondary N) is 1. The molecule has 3 heterocycles. The highest BCUT2D eigenvalue weighted by molar-refractivity contribution is 7.15. The number of anilines is 1. The van der Waals surface area contributed by atoms with Crippen molar-refractivity contribution in [2.45, 2.75) is 27.2 Å². The van der Waals surface area contributed by atoms with Gasteiger partial charge in [0.2, 0.25) is 5.88 Å². The van der Waals surface area contributed by atoms with Gasteiger partial charge in [-0.2, -0.15) is 5.26 Å². The van der Waals surface area contributed by atoms with Crippen LogP contribution in [0.2, 0.25) is 0 Å². The molecule has 0 bridgehead atoms. The van der Waals surface area contributed by atoms with E-state index >= 15 is 0 Å². The Kier molecular flexibility index (Phi) is 4.23. The highest BCUT2D eigenvalue weighted by Gasteiger charge is 2.25. The van der Waals surface area contributed by atoms with Gasteiger partial charge in [-0.3, -0.25) is 14.7 Å². The Bertz CT molecular complexity index is 929. The molecule has 0 aromatic carbocycles. The van der Waals surface area contributed by atoms with E-state index < -0.39 is 0 Å². The first-order valence-electron chi connectivity index (χ1n) is 7.49. The number of hydrogen-bond donors (Lipinski definition) is 1. The monoisotopic (exact) mass is 340 g/mol. The van der Waals surface area contributed by atoms with Crippen LogP contribution in [-0.2, 0) is 6.42 Å². The number of thiazole rings is 1. The van der Waals surface area contributed by atoms with Gasteiger partial charge in [-0.05, 0) is 32.4 Å². The second kappa shape index (κ2) is 6.34. The van der Waals surface area contributed by atoms with Gasteiger partial charge in [0.1, 0.15) is 23.0 Å². The summed E-state index contributed by atoms with van der Waals surface area (Å²) in [5.74, 6) is 0.356. The third-order valence-electron chi connectivity index (χ3n) is 3.69. The molecular formula is C17H16N4O2S. The van der Waals surface area contributed by atoms with Crippen molar-refractivity contribution in [1.29, 1.82) is 5.26 Å². The number of hydrogen-bond acceptors (Lipinski definition) is 5. The number of furan rings is 1. The molecule has 1 amide bonds. The second-order valence-electron chi connectivity index (χ2n) is 5.25. The number of nitrogens with zero attached hydrogens (tertiary/aromatic N) is 3. The van der Waals surface area contributed by atoms with E-state index in [4.69, 9.17) is 4.42 Å². The highest BCUT2D eigenvalue weighted by atomic mass is 32.1. The molecule has 0 aliphatic carbocycles. The largest absolute Gasteiger partial charge is 0.443 e. The Morgan fingerprint density at radius 2 is 2.12 bits per heavy atom. The van der Waals surface area contributed by atoms with E-state index in [9.17, 15) is 10.1 Å². The molecule has 6 nitrogen and oxygen atoms in total. The van der Waals surface area contributed by atoms with Gasteiger partial charge in [-0.1, -0.05) is 6.92 Å². The van der Waals surface area contributed by atoms with Gasteiger partial charge in [0, 0.05) is 17.3 Å². The number of aryl methyl sites for hydroxylation is 3. The maximum atomic E-state index is 12.6. The van der Waals surface area contributed by atoms with E-state index in [0.29, 0.717) is 16.8 Å². The summed E-state index contributed by atoms with van der Waals surface area (Å²) in [7, 11) is 0. The number of aromatic nitrogens is 2. The maximum Gasteiger partial charge on any atom is 0.262 e. The fraction of sp³-hybridized carbons (Fsp3) is 0.235. The van der Waals surface area contributed by atoms with Crippen molar-refractivity contribution in [3.63, 3.8) is 0 Å². The predicted molar refractivity (Wildman–Crippen MR) is 91.7 cm³/mol. The van der Waals surface area contributed by atoms with Gasteiger partial charge in [-0.15, -0.1) is 11.3 Å². The van der Waals surface area contributed by atoms with Crippen LogP contribution in [0.4, 0.5) is 5.13 Å². The van der Waals surface area contributed by atoms with Crippen LogP contribution in [0.3, 0.4) is 0 Å². The second-order valence-corrected chi connectivity index (χ2v) is 6.45. The SMILES string of the molecule is CCc1nc(NC(=O)c2c(C)oc(-n3cccc3)c2C#N)sc1C. The normalized spacial score (nSPS) is 10.6. The molecule has 24 heavy (non-hydrogen) atoms. The molecule has 0 spiro atoms. The zero-order valence-electron chi connectivity index (χ0n) is 13.6. The van der Waals surface area contributed by atoms with Crippen molar-refractivity contribution in [2.75, 3.05) is 5.32 Å². The lowest BCUT2D eigenvalue weighted by atomic mass is 10.1. The topological polar surface area (TPSA) is 83.8 Å². The molecule has 0 radical (unpaired) electrons. The first kappa shape index (κ1) is 16.0. The smallest absolute Gasteiger partial charge is 0.262 e. The van der Waals surface area contributed by atoms with Crippen LogP contribution in [0.15, 0.2) is 28.9 Å². The van der Waals surface area contributed by atoms with Gasteiger partial charge in [0.05, 0.1) is 5.69 Å². The van der Waals surface area contributed by atoms with E-state index in [2.05, 4.69) is 16.4 Å². The summed E-state index contributed by atoms with van der Waals surface area (Å²) in [6.45, 7) is 5.67. The fourth-order valence-corrected chi connectivity index (χ4v) is 3.43. The lowest BCUT2D eigenvalue weighted by molar-refractivity contribution is 0.102. The van der Waals surface area contributed by atoms with Crippen LogP contribution < -0.4 is 5.32 Å². The van der Waals surface area contributed by atoms with E-state index in [1.54, 1.807) is 23.9 Å². The first-order valence-corrected chi connectivity index (χ1v) is 8.31. The lowest BCUT2D eigenvalue weighted by Crippen LogP contribution is -2.13. The Balaban J connectivity index is 1.96. The minimum absolute atomic E-state index is 0.213. The number of carbonyl (C=O) groups excluding carboxylic acids is 1. The van der Waals surface area contributed by atoms with Crippen LogP contribution in [0.5, 0.6) is 0 Å². The minimum atomic E-state index is -0.386. The average Bonchev–Trinajstić information content (AvgIpc) is 3.25. The van der Waals surface area contributed by atoms with E-state index in [1.807, 2.05) is 26.0 Å². The van der Waals surface area contributed by atoms with Gasteiger partial charge in [0.15, 0.2) is 5.13 Å². The zero-order chi connectivity index (χ0) is 17.3. The first-order chi connectivity index (χ1) is 11.5. The summed E-state index contributed by atoms with van der Waals surface area (Å²) in [5.41, 5.74) is 1.42. The maximum absolute atomic E-state index is 12.6. The van der Waals surface area contributed by atoms with E-state index in [-0.39, 0.29) is 17.0 Å². The van der Waals surface area contributed by atoms with E-state index in [0.717, 1.165) is 17.0 Å². The molecule has 0 saturated heterocycles. The van der Waals surface area contributed by atoms with Crippen molar-refractivity contribution >= 4 is 22.4 Å². The highest BCUT2D eigenvalue weighted by Crippen LogP contribution is 2.28. The minimum Gasteiger partial charge on any atom is -0.443 e. The standard InChI is InChI=1S/C17H16N4O2S/c1-4-13-11(3)24-17(19-13)20-15(22)14-10(2)23-16(12(14)9-18)21-7-5-6-8-21/h5-8H,4H2,1-3H3,(H,19,20,22). The van der Waals surface area contributed by atoms with Gasteiger partial charge < -0.3 is 4.42 Å². The third kappa shape index (κ3) is 2.72. The van der Waals surface area contributed by atoms with Gasteiger partial charge in [-0.25, -0.2) is 4.98 Å². The molecule has 0 fully saturated rings. The molecule has 0 unspecified atom stereocenters. The van der Waals surface area contributed by atoms with Crippen molar-refractivity contribution in [2.24, 2.45) is 0 Å². The van der Waals surface area contributed by atoms with Crippen molar-refractivity contribution in [1.82, 2.24) is 9.55 Å². The molecular weight excluding hydrogens is 324 g/mol. The quantitative estimate of drug-likeness (QED) is 0.782. The predicted octanol–water partition coefficient (Wildman–Crippen LogP) is 3.83. The summed E-state index contributed by atoms with van der Waals surface area (Å²) < 4.78 is 7.32. The summed E-state index contributed by atoms with van der Waals surface area (Å²) in [6, 6.07) is 5.72. The molecule has 3 aromatic heterocycles. The Morgan fingerprint density at radius 1 is 1.42 bits per heavy atom. The summed E-state index contributed by atoms with van der Waals surface area (Å²) in [5, 5.41) is 12.8. The number of amides is 1. The molecule has 3 aromatic rings. The molecule has 122 valence electrons. The Labute approximate surface area is 143 Å². The van der Waals surface area contributed by atoms with Crippen molar-refractivity contribution < 1.29 is 9.21 Å². The van der Waals surface area contributed by atoms with Crippen LogP contribution >= 0.6 is 11.3 Å². The van der Waals surface area contributed by atoms with Gasteiger partial charge >= 0.3 is 0 Å². The molecule has 7 heteroatoms. The molecule has 1 N–H and O–H groups in total. The summed E-state index contributed by atoms with van der Waals surface area (Å²) in [6.07, 6.45) is 4.33. The van der Waals surface area contributed by atoms with Crippen molar-refractivity contribution in [3.8, 4) is 12.0 Å². The third-order valence-corrected chi connectivity index (χ3v) is 4.62. The molecule has 0 saturated carbocycles. The zero-order valence-corrected chi connectivity index (χ0v) is 14.4. The van der Waals surface area contributed by atoms with Gasteiger partial charge in [0.25, 0.3) is 5.91 Å². The van der Waals surface area contributed by atoms with Crippen LogP contribution in [0.1, 0.15) is 39.2 Å². The summed E-state index contributed by atoms with van der Waals surface area (Å²) in [4.78, 5) is 18.1. The van der Waals surface area contributed by atoms with Crippen LogP contribution in [0, 0.1) is 25.2 Å². The van der Waals surface area contributed by atoms with E-state index in [1.165, 1.54) is 11.3 Å². The van der Waals surface area contributed by atoms with Crippen LogP contribution in [-0.4, -0.2) is 15.5 Å². The Hall–Kier alpha value is -2.85. The molecule has 0 aliphatic rings. The summed E-state index contributed by atoms with van der Waals surface area (Å²) >= 11 is 1.42. The lowest BCUT2D eigenvalue weighted by Gasteiger charge is -2.01. The van der Waals surface area contributed by atoms with Crippen LogP contribution in [0.25, 0.3) is 5.88 Å². The molecule has 0 atom stereocenters. The molecule has 0 aliphatic heterocycles. The number of rotatable bonds is 4.